The summed E-state index contributed by atoms with van der Waals surface area (Å²) in [5, 5.41) is 12.2. The van der Waals surface area contributed by atoms with Crippen LogP contribution in [0.3, 0.4) is 0 Å². The van der Waals surface area contributed by atoms with Gasteiger partial charge in [0.25, 0.3) is 5.91 Å². The predicted octanol–water partition coefficient (Wildman–Crippen LogP) is 2.94. The average molecular weight is 428 g/mol. The number of rotatable bonds is 5. The largest absolute Gasteiger partial charge is 0.391 e. The van der Waals surface area contributed by atoms with Crippen LogP contribution in [0.5, 0.6) is 0 Å². The molecule has 1 amide bonds. The Morgan fingerprint density at radius 2 is 1.66 bits per heavy atom. The third kappa shape index (κ3) is 4.95. The number of hydrogen-bond acceptors (Lipinski definition) is 4. The summed E-state index contributed by atoms with van der Waals surface area (Å²) in [4.78, 5) is 11.6. The lowest BCUT2D eigenvalue weighted by atomic mass is 9.93. The zero-order chi connectivity index (χ0) is 21.2. The minimum Gasteiger partial charge on any atom is -0.391 e. The van der Waals surface area contributed by atoms with Crippen molar-refractivity contribution in [1.82, 2.24) is 4.72 Å². The van der Waals surface area contributed by atoms with Gasteiger partial charge in [-0.25, -0.2) is 26.3 Å². The van der Waals surface area contributed by atoms with Crippen LogP contribution in [0.1, 0.15) is 36.0 Å². The van der Waals surface area contributed by atoms with Crippen molar-refractivity contribution in [2.45, 2.75) is 42.7 Å². The van der Waals surface area contributed by atoms with Crippen LogP contribution in [-0.2, 0) is 10.0 Å². The lowest BCUT2D eigenvalue weighted by molar-refractivity contribution is 0.101. The fourth-order valence-corrected chi connectivity index (χ4v) is 4.55. The van der Waals surface area contributed by atoms with E-state index in [1.54, 1.807) is 0 Å². The molecule has 1 saturated carbocycles. The van der Waals surface area contributed by atoms with E-state index in [9.17, 15) is 31.5 Å². The molecule has 29 heavy (non-hydrogen) atoms. The van der Waals surface area contributed by atoms with E-state index < -0.39 is 50.4 Å². The summed E-state index contributed by atoms with van der Waals surface area (Å²) in [6, 6.07) is 4.72. The van der Waals surface area contributed by atoms with Crippen molar-refractivity contribution >= 4 is 21.6 Å². The molecule has 1 aliphatic rings. The van der Waals surface area contributed by atoms with Gasteiger partial charge < -0.3 is 10.4 Å². The first-order chi connectivity index (χ1) is 13.7. The number of benzene rings is 2. The molecule has 2 aromatic rings. The van der Waals surface area contributed by atoms with E-state index in [-0.39, 0.29) is 11.3 Å². The monoisotopic (exact) mass is 428 g/mol. The molecule has 1 fully saturated rings. The fourth-order valence-electron chi connectivity index (χ4n) is 3.14. The molecule has 0 heterocycles. The normalized spacial score (nSPS) is 19.7. The number of amides is 1. The van der Waals surface area contributed by atoms with Gasteiger partial charge in [0.05, 0.1) is 6.10 Å². The summed E-state index contributed by atoms with van der Waals surface area (Å²) in [7, 11) is -4.34. The van der Waals surface area contributed by atoms with Crippen LogP contribution in [0.2, 0.25) is 0 Å². The van der Waals surface area contributed by atoms with Gasteiger partial charge in [0.15, 0.2) is 11.6 Å². The lowest BCUT2D eigenvalue weighted by Crippen LogP contribution is -2.45. The van der Waals surface area contributed by atoms with Gasteiger partial charge in [-0.2, -0.15) is 0 Å². The Morgan fingerprint density at radius 3 is 2.34 bits per heavy atom. The average Bonchev–Trinajstić information content (AvgIpc) is 2.66. The van der Waals surface area contributed by atoms with E-state index >= 15 is 0 Å². The summed E-state index contributed by atoms with van der Waals surface area (Å²) in [5.41, 5.74) is -0.244. The molecule has 3 N–H and O–H groups in total. The summed E-state index contributed by atoms with van der Waals surface area (Å²) < 4.78 is 67.9. The third-order valence-electron chi connectivity index (χ3n) is 4.70. The minimum absolute atomic E-state index is 0.0499. The van der Waals surface area contributed by atoms with Crippen LogP contribution in [0.4, 0.5) is 18.9 Å². The highest BCUT2D eigenvalue weighted by molar-refractivity contribution is 7.89. The zero-order valence-electron chi connectivity index (χ0n) is 15.2. The summed E-state index contributed by atoms with van der Waals surface area (Å²) >= 11 is 0. The molecule has 0 saturated heterocycles. The van der Waals surface area contributed by atoms with E-state index in [0.717, 1.165) is 49.2 Å². The maximum atomic E-state index is 14.2. The number of carbonyl (C=O) groups is 1. The molecule has 0 aromatic heterocycles. The molecule has 1 aliphatic carbocycles. The Bertz CT molecular complexity index is 1030. The number of halogens is 3. The molecule has 2 unspecified atom stereocenters. The number of aliphatic hydroxyl groups excluding tert-OH is 1. The maximum Gasteiger partial charge on any atom is 0.255 e. The fraction of sp³-hybridized carbons (Fsp3) is 0.316. The van der Waals surface area contributed by atoms with Gasteiger partial charge in [0, 0.05) is 23.4 Å². The first-order valence-electron chi connectivity index (χ1n) is 8.94. The summed E-state index contributed by atoms with van der Waals surface area (Å²) in [6.45, 7) is 0. The van der Waals surface area contributed by atoms with Gasteiger partial charge in [0.1, 0.15) is 10.7 Å². The quantitative estimate of drug-likeness (QED) is 0.682. The third-order valence-corrected chi connectivity index (χ3v) is 6.20. The molecule has 2 atom stereocenters. The summed E-state index contributed by atoms with van der Waals surface area (Å²) in [6.07, 6.45) is 1.48. The molecule has 156 valence electrons. The second-order valence-corrected chi connectivity index (χ2v) is 8.49. The van der Waals surface area contributed by atoms with Crippen LogP contribution >= 0.6 is 0 Å². The van der Waals surface area contributed by atoms with Gasteiger partial charge in [0.2, 0.25) is 10.0 Å². The molecule has 0 bridgehead atoms. The highest BCUT2D eigenvalue weighted by atomic mass is 32.2. The Hall–Kier alpha value is -2.43. The second kappa shape index (κ2) is 8.52. The van der Waals surface area contributed by atoms with E-state index in [4.69, 9.17) is 0 Å². The van der Waals surface area contributed by atoms with Crippen molar-refractivity contribution in [1.29, 1.82) is 0 Å². The van der Waals surface area contributed by atoms with Gasteiger partial charge in [-0.1, -0.05) is 12.8 Å². The van der Waals surface area contributed by atoms with Gasteiger partial charge >= 0.3 is 0 Å². The SMILES string of the molecule is O=C(Nc1ccc(F)c(F)c1)c1ccc(F)c(S(=O)(=O)NC2CCCCC2O)c1. The van der Waals surface area contributed by atoms with Crippen molar-refractivity contribution < 1.29 is 31.5 Å². The first-order valence-corrected chi connectivity index (χ1v) is 10.4. The minimum atomic E-state index is -4.34. The van der Waals surface area contributed by atoms with Crippen LogP contribution in [0.25, 0.3) is 0 Å². The number of carbonyl (C=O) groups excluding carboxylic acids is 1. The van der Waals surface area contributed by atoms with Crippen LogP contribution in [0, 0.1) is 17.5 Å². The predicted molar refractivity (Wildman–Crippen MR) is 99.3 cm³/mol. The van der Waals surface area contributed by atoms with E-state index in [1.165, 1.54) is 0 Å². The van der Waals surface area contributed by atoms with Crippen LogP contribution in [0.15, 0.2) is 41.3 Å². The van der Waals surface area contributed by atoms with E-state index in [2.05, 4.69) is 10.0 Å². The molecule has 0 spiro atoms. The Morgan fingerprint density at radius 1 is 0.966 bits per heavy atom. The first kappa shape index (κ1) is 21.3. The maximum absolute atomic E-state index is 14.2. The number of hydrogen-bond donors (Lipinski definition) is 3. The molecule has 3 rings (SSSR count). The summed E-state index contributed by atoms with van der Waals surface area (Å²) in [5.74, 6) is -4.15. The van der Waals surface area contributed by atoms with E-state index in [1.807, 2.05) is 0 Å². The number of nitrogens with one attached hydrogen (secondary N) is 2. The smallest absolute Gasteiger partial charge is 0.255 e. The van der Waals surface area contributed by atoms with Crippen molar-refractivity contribution in [3.63, 3.8) is 0 Å². The van der Waals surface area contributed by atoms with Crippen molar-refractivity contribution in [2.75, 3.05) is 5.32 Å². The Labute approximate surface area is 165 Å². The van der Waals surface area contributed by atoms with Gasteiger partial charge in [-0.3, -0.25) is 4.79 Å². The standard InChI is InChI=1S/C19H19F3N2O4S/c20-13-8-6-12(10-15(13)22)23-19(26)11-5-7-14(21)18(9-11)29(27,28)24-16-3-1-2-4-17(16)25/h5-10,16-17,24-25H,1-4H2,(H,23,26). The van der Waals surface area contributed by atoms with Crippen LogP contribution < -0.4 is 10.0 Å². The Balaban J connectivity index is 1.83. The Kier molecular flexibility index (Phi) is 6.25. The van der Waals surface area contributed by atoms with Crippen molar-refractivity contribution in [3.8, 4) is 0 Å². The van der Waals surface area contributed by atoms with Crippen molar-refractivity contribution in [2.24, 2.45) is 0 Å². The highest BCUT2D eigenvalue weighted by Crippen LogP contribution is 2.23. The number of anilines is 1. The molecule has 6 nitrogen and oxygen atoms in total. The molecule has 0 radical (unpaired) electrons. The molecule has 2 aromatic carbocycles. The van der Waals surface area contributed by atoms with Crippen LogP contribution in [-0.4, -0.2) is 31.6 Å². The molecule has 10 heteroatoms. The second-order valence-electron chi connectivity index (χ2n) is 6.81. The number of sulfonamides is 1. The lowest BCUT2D eigenvalue weighted by Gasteiger charge is -2.28. The highest BCUT2D eigenvalue weighted by Gasteiger charge is 2.30. The topological polar surface area (TPSA) is 95.5 Å². The molecule has 0 aliphatic heterocycles. The van der Waals surface area contributed by atoms with Gasteiger partial charge in [-0.05, 0) is 43.2 Å². The van der Waals surface area contributed by atoms with E-state index in [0.29, 0.717) is 12.8 Å². The number of aliphatic hydroxyl groups is 1. The van der Waals surface area contributed by atoms with Crippen molar-refractivity contribution in [3.05, 3.63) is 59.4 Å². The van der Waals surface area contributed by atoms with Gasteiger partial charge in [-0.15, -0.1) is 0 Å². The zero-order valence-corrected chi connectivity index (χ0v) is 16.0. The molecular weight excluding hydrogens is 409 g/mol. The molecular formula is C19H19F3N2O4S.